The van der Waals surface area contributed by atoms with Crippen LogP contribution >= 0.6 is 27.3 Å². The molecule has 0 unspecified atom stereocenters. The second-order valence-electron chi connectivity index (χ2n) is 3.39. The van der Waals surface area contributed by atoms with E-state index in [4.69, 9.17) is 0 Å². The minimum atomic E-state index is -0.237. The van der Waals surface area contributed by atoms with Gasteiger partial charge in [-0.2, -0.15) is 5.10 Å². The number of rotatable bonds is 3. The first-order valence-corrected chi connectivity index (χ1v) is 6.69. The molecule has 1 aromatic carbocycles. The molecule has 0 bridgehead atoms. The highest BCUT2D eigenvalue weighted by molar-refractivity contribution is 9.10. The number of thiophene rings is 1. The Labute approximate surface area is 116 Å². The summed E-state index contributed by atoms with van der Waals surface area (Å²) in [6, 6.07) is 8.48. The number of amides is 1. The Hall–Kier alpha value is -1.66. The number of hydrogen-bond acceptors (Lipinski definition) is 4. The summed E-state index contributed by atoms with van der Waals surface area (Å²) >= 11 is 4.56. The molecule has 1 aromatic heterocycles. The number of nitrogens with one attached hydrogen (secondary N) is 1. The first-order chi connectivity index (χ1) is 8.66. The van der Waals surface area contributed by atoms with Crippen LogP contribution in [-0.2, 0) is 0 Å². The summed E-state index contributed by atoms with van der Waals surface area (Å²) in [4.78, 5) is 12.2. The zero-order valence-electron chi connectivity index (χ0n) is 9.13. The molecule has 6 heteroatoms. The Morgan fingerprint density at radius 1 is 1.44 bits per heavy atom. The Kier molecular flexibility index (Phi) is 4.11. The van der Waals surface area contributed by atoms with Gasteiger partial charge in [-0.05, 0) is 51.1 Å². The van der Waals surface area contributed by atoms with E-state index in [2.05, 4.69) is 26.5 Å². The first-order valence-electron chi connectivity index (χ1n) is 5.02. The van der Waals surface area contributed by atoms with Gasteiger partial charge in [-0.15, -0.1) is 11.3 Å². The van der Waals surface area contributed by atoms with Crippen molar-refractivity contribution in [3.8, 4) is 5.75 Å². The van der Waals surface area contributed by atoms with E-state index in [1.807, 2.05) is 5.38 Å². The lowest BCUT2D eigenvalue weighted by Gasteiger charge is -1.98. The SMILES string of the molecule is O=C(N/N=C/c1ccc(O)c(Br)c1)c1cccs1. The lowest BCUT2D eigenvalue weighted by Crippen LogP contribution is -2.16. The molecule has 0 aliphatic carbocycles. The fourth-order valence-corrected chi connectivity index (χ4v) is 2.24. The van der Waals surface area contributed by atoms with Gasteiger partial charge in [0.15, 0.2) is 0 Å². The average Bonchev–Trinajstić information content (AvgIpc) is 2.87. The molecule has 0 aliphatic heterocycles. The topological polar surface area (TPSA) is 61.7 Å². The summed E-state index contributed by atoms with van der Waals surface area (Å²) in [6.45, 7) is 0. The van der Waals surface area contributed by atoms with Crippen molar-refractivity contribution in [2.75, 3.05) is 0 Å². The highest BCUT2D eigenvalue weighted by Gasteiger charge is 2.03. The lowest BCUT2D eigenvalue weighted by atomic mass is 10.2. The van der Waals surface area contributed by atoms with Crippen LogP contribution in [0.25, 0.3) is 0 Å². The fourth-order valence-electron chi connectivity index (χ4n) is 1.23. The normalized spacial score (nSPS) is 10.7. The van der Waals surface area contributed by atoms with Crippen molar-refractivity contribution in [2.45, 2.75) is 0 Å². The number of carbonyl (C=O) groups excluding carboxylic acids is 1. The number of aromatic hydroxyl groups is 1. The molecule has 0 spiro atoms. The van der Waals surface area contributed by atoms with Gasteiger partial charge < -0.3 is 5.11 Å². The molecule has 4 nitrogen and oxygen atoms in total. The summed E-state index contributed by atoms with van der Waals surface area (Å²) in [5.74, 6) is -0.0751. The number of carbonyl (C=O) groups is 1. The van der Waals surface area contributed by atoms with Crippen LogP contribution in [0.5, 0.6) is 5.75 Å². The predicted molar refractivity (Wildman–Crippen MR) is 75.2 cm³/mol. The van der Waals surface area contributed by atoms with E-state index in [1.165, 1.54) is 17.6 Å². The minimum absolute atomic E-state index is 0.162. The highest BCUT2D eigenvalue weighted by Crippen LogP contribution is 2.23. The molecule has 2 aromatic rings. The maximum absolute atomic E-state index is 11.6. The summed E-state index contributed by atoms with van der Waals surface area (Å²) in [6.07, 6.45) is 1.51. The molecule has 0 saturated heterocycles. The quantitative estimate of drug-likeness (QED) is 0.673. The molecule has 0 fully saturated rings. The molecular weight excluding hydrogens is 316 g/mol. The number of benzene rings is 1. The number of phenolic OH excluding ortho intramolecular Hbond substituents is 1. The fraction of sp³-hybridized carbons (Fsp3) is 0. The van der Waals surface area contributed by atoms with Gasteiger partial charge in [0.25, 0.3) is 5.91 Å². The van der Waals surface area contributed by atoms with Crippen LogP contribution in [0.1, 0.15) is 15.2 Å². The summed E-state index contributed by atoms with van der Waals surface area (Å²) in [5, 5.41) is 15.0. The molecule has 1 heterocycles. The molecule has 0 atom stereocenters. The smallest absolute Gasteiger partial charge is 0.281 e. The summed E-state index contributed by atoms with van der Waals surface area (Å²) < 4.78 is 0.580. The van der Waals surface area contributed by atoms with E-state index in [-0.39, 0.29) is 11.7 Å². The van der Waals surface area contributed by atoms with Gasteiger partial charge in [-0.3, -0.25) is 4.79 Å². The third-order valence-electron chi connectivity index (χ3n) is 2.10. The first kappa shape index (κ1) is 12.8. The predicted octanol–water partition coefficient (Wildman–Crippen LogP) is 2.98. The molecule has 0 aliphatic rings. The van der Waals surface area contributed by atoms with Crippen LogP contribution in [0.15, 0.2) is 45.3 Å². The largest absolute Gasteiger partial charge is 0.507 e. The van der Waals surface area contributed by atoms with Gasteiger partial charge >= 0.3 is 0 Å². The maximum Gasteiger partial charge on any atom is 0.281 e. The number of phenols is 1. The van der Waals surface area contributed by atoms with Crippen LogP contribution in [-0.4, -0.2) is 17.2 Å². The van der Waals surface area contributed by atoms with Crippen LogP contribution in [0, 0.1) is 0 Å². The summed E-state index contributed by atoms with van der Waals surface area (Å²) in [7, 11) is 0. The van der Waals surface area contributed by atoms with Crippen molar-refractivity contribution in [1.29, 1.82) is 0 Å². The van der Waals surface area contributed by atoms with Gasteiger partial charge in [0, 0.05) is 0 Å². The Morgan fingerprint density at radius 3 is 2.94 bits per heavy atom. The highest BCUT2D eigenvalue weighted by atomic mass is 79.9. The van der Waals surface area contributed by atoms with E-state index in [0.717, 1.165) is 5.56 Å². The van der Waals surface area contributed by atoms with E-state index in [9.17, 15) is 9.90 Å². The Bertz CT molecular complexity index is 582. The lowest BCUT2D eigenvalue weighted by molar-refractivity contribution is 0.0959. The van der Waals surface area contributed by atoms with Crippen LogP contribution < -0.4 is 5.43 Å². The molecule has 0 saturated carbocycles. The molecule has 0 radical (unpaired) electrons. The number of halogens is 1. The van der Waals surface area contributed by atoms with E-state index >= 15 is 0 Å². The zero-order chi connectivity index (χ0) is 13.0. The molecule has 2 N–H and O–H groups in total. The number of hydrogen-bond donors (Lipinski definition) is 2. The van der Waals surface area contributed by atoms with E-state index in [1.54, 1.807) is 30.3 Å². The van der Waals surface area contributed by atoms with Gasteiger partial charge in [-0.25, -0.2) is 5.43 Å². The van der Waals surface area contributed by atoms with Crippen molar-refractivity contribution in [3.05, 3.63) is 50.6 Å². The average molecular weight is 325 g/mol. The Balaban J connectivity index is 1.99. The molecule has 18 heavy (non-hydrogen) atoms. The van der Waals surface area contributed by atoms with Gasteiger partial charge in [0.1, 0.15) is 5.75 Å². The number of nitrogens with zero attached hydrogens (tertiary/aromatic N) is 1. The molecule has 92 valence electrons. The van der Waals surface area contributed by atoms with Crippen molar-refractivity contribution < 1.29 is 9.90 Å². The monoisotopic (exact) mass is 324 g/mol. The third kappa shape index (κ3) is 3.18. The van der Waals surface area contributed by atoms with Crippen LogP contribution in [0.2, 0.25) is 0 Å². The van der Waals surface area contributed by atoms with E-state index in [0.29, 0.717) is 9.35 Å². The van der Waals surface area contributed by atoms with Gasteiger partial charge in [-0.1, -0.05) is 6.07 Å². The molecule has 2 rings (SSSR count). The Morgan fingerprint density at radius 2 is 2.28 bits per heavy atom. The summed E-state index contributed by atoms with van der Waals surface area (Å²) in [5.41, 5.74) is 3.20. The molecular formula is C12H9BrN2O2S. The zero-order valence-corrected chi connectivity index (χ0v) is 11.5. The maximum atomic E-state index is 11.6. The van der Waals surface area contributed by atoms with E-state index < -0.39 is 0 Å². The minimum Gasteiger partial charge on any atom is -0.507 e. The molecule has 1 amide bonds. The second kappa shape index (κ2) is 5.79. The van der Waals surface area contributed by atoms with Crippen LogP contribution in [0.3, 0.4) is 0 Å². The second-order valence-corrected chi connectivity index (χ2v) is 5.19. The van der Waals surface area contributed by atoms with Gasteiger partial charge in [0.2, 0.25) is 0 Å². The van der Waals surface area contributed by atoms with Crippen molar-refractivity contribution >= 4 is 39.4 Å². The van der Waals surface area contributed by atoms with Gasteiger partial charge in [0.05, 0.1) is 15.6 Å². The number of hydrazone groups is 1. The van der Waals surface area contributed by atoms with Crippen molar-refractivity contribution in [2.24, 2.45) is 5.10 Å². The van der Waals surface area contributed by atoms with Crippen molar-refractivity contribution in [3.63, 3.8) is 0 Å². The third-order valence-corrected chi connectivity index (χ3v) is 3.60. The standard InChI is InChI=1S/C12H9BrN2O2S/c13-9-6-8(3-4-10(9)16)7-14-15-12(17)11-2-1-5-18-11/h1-7,16H,(H,15,17)/b14-7+. The van der Waals surface area contributed by atoms with Crippen LogP contribution in [0.4, 0.5) is 0 Å². The van der Waals surface area contributed by atoms with Crippen molar-refractivity contribution in [1.82, 2.24) is 5.43 Å².